The first kappa shape index (κ1) is 21.5. The van der Waals surface area contributed by atoms with E-state index in [-0.39, 0.29) is 11.9 Å². The summed E-state index contributed by atoms with van der Waals surface area (Å²) in [4.78, 5) is 24.8. The molecular weight excluding hydrogens is 410 g/mol. The molecule has 1 fully saturated rings. The third-order valence-electron chi connectivity index (χ3n) is 5.40. The van der Waals surface area contributed by atoms with Gasteiger partial charge in [-0.3, -0.25) is 20.4 Å². The van der Waals surface area contributed by atoms with E-state index in [1.165, 1.54) is 0 Å². The van der Waals surface area contributed by atoms with Gasteiger partial charge in [0.1, 0.15) is 24.2 Å². The number of aryl methyl sites for hydroxylation is 2. The average molecular weight is 435 g/mol. The molecule has 0 aliphatic carbocycles. The summed E-state index contributed by atoms with van der Waals surface area (Å²) in [6, 6.07) is 16.1. The van der Waals surface area contributed by atoms with E-state index in [2.05, 4.69) is 26.9 Å². The van der Waals surface area contributed by atoms with Crippen LogP contribution in [-0.2, 0) is 11.4 Å². The molecule has 9 nitrogen and oxygen atoms in total. The number of benzene rings is 2. The minimum Gasteiger partial charge on any atom is -0.489 e. The molecule has 2 unspecified atom stereocenters. The molecular formula is C23H25N5O4. The molecule has 0 radical (unpaired) electrons. The predicted octanol–water partition coefficient (Wildman–Crippen LogP) is 2.24. The third-order valence-corrected chi connectivity index (χ3v) is 5.40. The summed E-state index contributed by atoms with van der Waals surface area (Å²) in [5, 5.41) is 3.90. The molecule has 4 N–H and O–H groups in total. The first-order valence-electron chi connectivity index (χ1n) is 10.3. The Bertz CT molecular complexity index is 1060. The first-order valence-corrected chi connectivity index (χ1v) is 10.3. The van der Waals surface area contributed by atoms with Crippen molar-refractivity contribution in [2.45, 2.75) is 39.0 Å². The number of ether oxygens (including phenoxy) is 1. The molecule has 1 saturated heterocycles. The van der Waals surface area contributed by atoms with E-state index < -0.39 is 11.9 Å². The summed E-state index contributed by atoms with van der Waals surface area (Å²) in [7, 11) is 0. The van der Waals surface area contributed by atoms with E-state index in [0.717, 1.165) is 22.6 Å². The van der Waals surface area contributed by atoms with Crippen molar-refractivity contribution in [1.82, 2.24) is 26.9 Å². The van der Waals surface area contributed by atoms with E-state index >= 15 is 0 Å². The second-order valence-corrected chi connectivity index (χ2v) is 7.60. The van der Waals surface area contributed by atoms with Crippen molar-refractivity contribution in [3.8, 4) is 5.75 Å². The van der Waals surface area contributed by atoms with Crippen molar-refractivity contribution in [1.29, 1.82) is 0 Å². The highest BCUT2D eigenvalue weighted by Gasteiger charge is 2.30. The molecule has 3 aromatic rings. The van der Waals surface area contributed by atoms with Gasteiger partial charge in [0.15, 0.2) is 0 Å². The fourth-order valence-electron chi connectivity index (χ4n) is 3.48. The molecule has 1 aromatic heterocycles. The Morgan fingerprint density at radius 3 is 2.50 bits per heavy atom. The van der Waals surface area contributed by atoms with Crippen LogP contribution in [0.25, 0.3) is 0 Å². The molecule has 166 valence electrons. The van der Waals surface area contributed by atoms with Crippen LogP contribution in [-0.4, -0.2) is 23.0 Å². The molecule has 0 bridgehead atoms. The number of rotatable bonds is 6. The molecule has 2 atom stereocenters. The second kappa shape index (κ2) is 9.63. The van der Waals surface area contributed by atoms with Crippen LogP contribution in [0.15, 0.2) is 59.1 Å². The van der Waals surface area contributed by atoms with Crippen molar-refractivity contribution in [3.05, 3.63) is 82.7 Å². The van der Waals surface area contributed by atoms with Gasteiger partial charge in [0.2, 0.25) is 0 Å². The van der Waals surface area contributed by atoms with E-state index in [9.17, 15) is 9.59 Å². The number of carbonyl (C=O) groups excluding carboxylic acids is 2. The maximum absolute atomic E-state index is 12.4. The molecule has 4 rings (SSSR count). The predicted molar refractivity (Wildman–Crippen MR) is 116 cm³/mol. The maximum atomic E-state index is 12.4. The summed E-state index contributed by atoms with van der Waals surface area (Å²) in [6.45, 7) is 4.02. The molecule has 2 heterocycles. The lowest BCUT2D eigenvalue weighted by molar-refractivity contribution is -0.123. The summed E-state index contributed by atoms with van der Waals surface area (Å²) < 4.78 is 10.9. The average Bonchev–Trinajstić information content (AvgIpc) is 3.44. The van der Waals surface area contributed by atoms with E-state index in [0.29, 0.717) is 24.3 Å². The van der Waals surface area contributed by atoms with Gasteiger partial charge in [-0.1, -0.05) is 35.5 Å². The minimum absolute atomic E-state index is 0.0283. The van der Waals surface area contributed by atoms with E-state index in [1.54, 1.807) is 24.3 Å². The quantitative estimate of drug-likeness (QED) is 0.439. The minimum atomic E-state index is -0.458. The largest absolute Gasteiger partial charge is 0.489 e. The van der Waals surface area contributed by atoms with Crippen LogP contribution in [0, 0.1) is 13.8 Å². The molecule has 1 aliphatic rings. The van der Waals surface area contributed by atoms with Gasteiger partial charge in [0.05, 0.1) is 11.3 Å². The Balaban J connectivity index is 1.25. The zero-order valence-corrected chi connectivity index (χ0v) is 17.8. The lowest BCUT2D eigenvalue weighted by atomic mass is 10.0. The molecule has 32 heavy (non-hydrogen) atoms. The highest BCUT2D eigenvalue weighted by molar-refractivity contribution is 5.96. The van der Waals surface area contributed by atoms with Crippen LogP contribution in [0.1, 0.15) is 45.4 Å². The normalized spacial score (nSPS) is 17.7. The number of carbonyl (C=O) groups is 2. The summed E-state index contributed by atoms with van der Waals surface area (Å²) >= 11 is 0. The Kier molecular flexibility index (Phi) is 6.48. The van der Waals surface area contributed by atoms with Gasteiger partial charge >= 0.3 is 0 Å². The summed E-state index contributed by atoms with van der Waals surface area (Å²) in [5.41, 5.74) is 14.2. The smallest absolute Gasteiger partial charge is 0.269 e. The lowest BCUT2D eigenvalue weighted by Gasteiger charge is -2.12. The number of hydrogen-bond acceptors (Lipinski definition) is 7. The summed E-state index contributed by atoms with van der Waals surface area (Å²) in [6.07, 6.45) is 0.572. The van der Waals surface area contributed by atoms with E-state index in [4.69, 9.17) is 9.26 Å². The molecule has 0 saturated carbocycles. The molecule has 9 heteroatoms. The van der Waals surface area contributed by atoms with Gasteiger partial charge < -0.3 is 9.26 Å². The van der Waals surface area contributed by atoms with Gasteiger partial charge in [-0.2, -0.15) is 0 Å². The van der Waals surface area contributed by atoms with Crippen LogP contribution >= 0.6 is 0 Å². The van der Waals surface area contributed by atoms with Crippen molar-refractivity contribution >= 4 is 11.8 Å². The third kappa shape index (κ3) is 4.96. The Morgan fingerprint density at radius 2 is 1.81 bits per heavy atom. The number of aromatic nitrogens is 1. The Hall–Kier alpha value is -3.69. The van der Waals surface area contributed by atoms with Crippen LogP contribution in [0.2, 0.25) is 0 Å². The SMILES string of the molecule is Cc1noc(C)c1COc1ccc(C(=O)NNC(=O)C2CC(c3ccccc3)NN2)cc1. The molecule has 2 amide bonds. The van der Waals surface area contributed by atoms with Crippen molar-refractivity contribution in [2.24, 2.45) is 0 Å². The lowest BCUT2D eigenvalue weighted by Crippen LogP contribution is -2.50. The van der Waals surface area contributed by atoms with Gasteiger partial charge in [-0.05, 0) is 50.1 Å². The van der Waals surface area contributed by atoms with Crippen LogP contribution in [0.5, 0.6) is 5.75 Å². The Morgan fingerprint density at radius 1 is 1.06 bits per heavy atom. The van der Waals surface area contributed by atoms with Gasteiger partial charge in [0.25, 0.3) is 11.8 Å². The van der Waals surface area contributed by atoms with Crippen molar-refractivity contribution in [2.75, 3.05) is 0 Å². The maximum Gasteiger partial charge on any atom is 0.269 e. The molecule has 0 spiro atoms. The summed E-state index contributed by atoms with van der Waals surface area (Å²) in [5.74, 6) is 0.597. The molecule has 1 aliphatic heterocycles. The fraction of sp³-hybridized carbons (Fsp3) is 0.261. The fourth-order valence-corrected chi connectivity index (χ4v) is 3.48. The van der Waals surface area contributed by atoms with Crippen molar-refractivity contribution < 1.29 is 18.8 Å². The van der Waals surface area contributed by atoms with E-state index in [1.807, 2.05) is 44.2 Å². The highest BCUT2D eigenvalue weighted by Crippen LogP contribution is 2.22. The van der Waals surface area contributed by atoms with Crippen LogP contribution < -0.4 is 26.4 Å². The molecule has 2 aromatic carbocycles. The van der Waals surface area contributed by atoms with Crippen LogP contribution in [0.3, 0.4) is 0 Å². The number of nitrogens with one attached hydrogen (secondary N) is 4. The monoisotopic (exact) mass is 435 g/mol. The Labute approximate surface area is 185 Å². The number of hydrogen-bond donors (Lipinski definition) is 4. The second-order valence-electron chi connectivity index (χ2n) is 7.60. The van der Waals surface area contributed by atoms with Gasteiger partial charge in [-0.25, -0.2) is 10.9 Å². The number of amides is 2. The standard InChI is InChI=1S/C23H25N5O4/c1-14-19(15(2)32-28-14)13-31-18-10-8-17(9-11-18)22(29)26-27-23(30)21-12-20(24-25-21)16-6-4-3-5-7-16/h3-11,20-21,24-25H,12-13H2,1-2H3,(H,26,29)(H,27,30). The number of hydrazine groups is 2. The van der Waals surface area contributed by atoms with Crippen molar-refractivity contribution in [3.63, 3.8) is 0 Å². The van der Waals surface area contributed by atoms with Crippen LogP contribution in [0.4, 0.5) is 0 Å². The first-order chi connectivity index (χ1) is 15.5. The zero-order chi connectivity index (χ0) is 22.5. The highest BCUT2D eigenvalue weighted by atomic mass is 16.5. The van der Waals surface area contributed by atoms with Gasteiger partial charge in [0, 0.05) is 11.6 Å². The number of nitrogens with zero attached hydrogens (tertiary/aromatic N) is 1. The zero-order valence-electron chi connectivity index (χ0n) is 17.8. The van der Waals surface area contributed by atoms with Gasteiger partial charge in [-0.15, -0.1) is 0 Å². The topological polar surface area (TPSA) is 118 Å².